The zero-order valence-electron chi connectivity index (χ0n) is 10.8. The number of halogens is 3. The molecule has 0 atom stereocenters. The molecule has 0 aliphatic rings. The van der Waals surface area contributed by atoms with Crippen molar-refractivity contribution in [3.63, 3.8) is 0 Å². The zero-order valence-corrected chi connectivity index (χ0v) is 12.4. The number of anilines is 1. The second kappa shape index (κ2) is 5.90. The number of sulfonamides is 1. The minimum absolute atomic E-state index is 0.00884. The number of hydrogen-bond acceptors (Lipinski definition) is 3. The van der Waals surface area contributed by atoms with E-state index in [0.29, 0.717) is 18.2 Å². The highest BCUT2D eigenvalue weighted by Gasteiger charge is 2.18. The molecular formula is C13H9ClF2N2O3S. The van der Waals surface area contributed by atoms with Crippen LogP contribution in [0, 0.1) is 11.6 Å². The van der Waals surface area contributed by atoms with Crippen LogP contribution in [0.3, 0.4) is 0 Å². The van der Waals surface area contributed by atoms with Gasteiger partial charge in [0, 0.05) is 11.6 Å². The first-order chi connectivity index (χ1) is 10.2. The minimum Gasteiger partial charge on any atom is -0.366 e. The number of amides is 1. The van der Waals surface area contributed by atoms with Crippen LogP contribution in [0.1, 0.15) is 10.4 Å². The van der Waals surface area contributed by atoms with Crippen LogP contribution in [0.4, 0.5) is 14.5 Å². The van der Waals surface area contributed by atoms with Crippen molar-refractivity contribution >= 4 is 33.2 Å². The van der Waals surface area contributed by atoms with Crippen LogP contribution in [0.25, 0.3) is 0 Å². The number of rotatable bonds is 4. The van der Waals surface area contributed by atoms with Crippen molar-refractivity contribution in [2.75, 3.05) is 4.72 Å². The summed E-state index contributed by atoms with van der Waals surface area (Å²) in [7, 11) is -4.29. The quantitative estimate of drug-likeness (QED) is 0.891. The molecule has 0 heterocycles. The van der Waals surface area contributed by atoms with Crippen LogP contribution in [0.15, 0.2) is 41.3 Å². The van der Waals surface area contributed by atoms with Gasteiger partial charge < -0.3 is 5.73 Å². The average Bonchev–Trinajstić information content (AvgIpc) is 2.39. The van der Waals surface area contributed by atoms with Crippen LogP contribution < -0.4 is 10.5 Å². The number of primary amides is 1. The van der Waals surface area contributed by atoms with Crippen molar-refractivity contribution in [1.29, 1.82) is 0 Å². The maximum atomic E-state index is 13.1. The fraction of sp³-hybridized carbons (Fsp3) is 0. The van der Waals surface area contributed by atoms with E-state index >= 15 is 0 Å². The van der Waals surface area contributed by atoms with Gasteiger partial charge in [-0.25, -0.2) is 17.2 Å². The summed E-state index contributed by atoms with van der Waals surface area (Å²) in [5.41, 5.74) is 4.97. The molecule has 1 amide bonds. The number of nitrogens with two attached hydrogens (primary N) is 1. The van der Waals surface area contributed by atoms with Crippen molar-refractivity contribution in [3.05, 3.63) is 58.6 Å². The highest BCUT2D eigenvalue weighted by atomic mass is 35.5. The molecular weight excluding hydrogens is 338 g/mol. The van der Waals surface area contributed by atoms with E-state index in [4.69, 9.17) is 17.3 Å². The molecule has 0 aliphatic heterocycles. The normalized spacial score (nSPS) is 11.2. The first kappa shape index (κ1) is 16.2. The van der Waals surface area contributed by atoms with E-state index in [2.05, 4.69) is 4.72 Å². The van der Waals surface area contributed by atoms with Gasteiger partial charge in [-0.1, -0.05) is 11.6 Å². The molecule has 0 aliphatic carbocycles. The molecule has 0 fully saturated rings. The third kappa shape index (κ3) is 3.52. The predicted molar refractivity (Wildman–Crippen MR) is 77.1 cm³/mol. The summed E-state index contributed by atoms with van der Waals surface area (Å²) in [5, 5.41) is -0.00884. The Morgan fingerprint density at radius 1 is 1.09 bits per heavy atom. The Labute approximate surface area is 129 Å². The third-order valence-electron chi connectivity index (χ3n) is 2.64. The van der Waals surface area contributed by atoms with Crippen LogP contribution in [0.2, 0.25) is 5.02 Å². The molecule has 0 spiro atoms. The molecule has 0 saturated heterocycles. The van der Waals surface area contributed by atoms with Gasteiger partial charge in [-0.05, 0) is 30.3 Å². The number of benzene rings is 2. The SMILES string of the molecule is NC(=O)c1ccc(Cl)c(NS(=O)(=O)c2cc(F)cc(F)c2)c1. The molecule has 9 heteroatoms. The second-order valence-corrected chi connectivity index (χ2v) is 6.36. The molecule has 116 valence electrons. The van der Waals surface area contributed by atoms with Crippen molar-refractivity contribution in [1.82, 2.24) is 0 Å². The molecule has 0 radical (unpaired) electrons. The van der Waals surface area contributed by atoms with E-state index in [0.717, 1.165) is 6.07 Å². The third-order valence-corrected chi connectivity index (χ3v) is 4.32. The first-order valence-corrected chi connectivity index (χ1v) is 7.63. The number of nitrogens with one attached hydrogen (secondary N) is 1. The van der Waals surface area contributed by atoms with Crippen LogP contribution >= 0.6 is 11.6 Å². The molecule has 2 aromatic carbocycles. The average molecular weight is 347 g/mol. The fourth-order valence-corrected chi connectivity index (χ4v) is 2.98. The van der Waals surface area contributed by atoms with E-state index in [1.165, 1.54) is 12.1 Å². The minimum atomic E-state index is -4.29. The molecule has 0 saturated carbocycles. The van der Waals surface area contributed by atoms with Crippen molar-refractivity contribution < 1.29 is 22.0 Å². The Morgan fingerprint density at radius 2 is 1.68 bits per heavy atom. The van der Waals surface area contributed by atoms with Gasteiger partial charge in [0.25, 0.3) is 10.0 Å². The summed E-state index contributed by atoms with van der Waals surface area (Å²) in [6.45, 7) is 0. The van der Waals surface area contributed by atoms with Gasteiger partial charge in [-0.3, -0.25) is 9.52 Å². The predicted octanol–water partition coefficient (Wildman–Crippen LogP) is 2.52. The van der Waals surface area contributed by atoms with E-state index in [1.807, 2.05) is 0 Å². The van der Waals surface area contributed by atoms with Crippen molar-refractivity contribution in [2.24, 2.45) is 5.73 Å². The number of carbonyl (C=O) groups is 1. The summed E-state index contributed by atoms with van der Waals surface area (Å²) < 4.78 is 52.5. The Morgan fingerprint density at radius 3 is 2.23 bits per heavy atom. The van der Waals surface area contributed by atoms with Gasteiger partial charge in [-0.15, -0.1) is 0 Å². The number of hydrogen-bond donors (Lipinski definition) is 2. The Bertz CT molecular complexity index is 836. The van der Waals surface area contributed by atoms with Gasteiger partial charge in [0.15, 0.2) is 0 Å². The van der Waals surface area contributed by atoms with Crippen LogP contribution in [-0.4, -0.2) is 14.3 Å². The summed E-state index contributed by atoms with van der Waals surface area (Å²) >= 11 is 5.83. The van der Waals surface area contributed by atoms with E-state index in [-0.39, 0.29) is 16.3 Å². The summed E-state index contributed by atoms with van der Waals surface area (Å²) in [5.74, 6) is -2.87. The fourth-order valence-electron chi connectivity index (χ4n) is 1.64. The topological polar surface area (TPSA) is 89.3 Å². The van der Waals surface area contributed by atoms with Crippen LogP contribution in [-0.2, 0) is 10.0 Å². The lowest BCUT2D eigenvalue weighted by Crippen LogP contribution is -2.16. The largest absolute Gasteiger partial charge is 0.366 e. The highest BCUT2D eigenvalue weighted by molar-refractivity contribution is 7.92. The van der Waals surface area contributed by atoms with E-state index in [9.17, 15) is 22.0 Å². The van der Waals surface area contributed by atoms with Gasteiger partial charge in [0.05, 0.1) is 15.6 Å². The first-order valence-electron chi connectivity index (χ1n) is 5.77. The second-order valence-electron chi connectivity index (χ2n) is 4.27. The highest BCUT2D eigenvalue weighted by Crippen LogP contribution is 2.26. The van der Waals surface area contributed by atoms with Crippen molar-refractivity contribution in [3.8, 4) is 0 Å². The lowest BCUT2D eigenvalue weighted by molar-refractivity contribution is 0.100. The number of carbonyl (C=O) groups excluding carboxylic acids is 1. The molecule has 0 unspecified atom stereocenters. The lowest BCUT2D eigenvalue weighted by atomic mass is 10.2. The van der Waals surface area contributed by atoms with Gasteiger partial charge in [0.2, 0.25) is 5.91 Å². The van der Waals surface area contributed by atoms with Gasteiger partial charge in [0.1, 0.15) is 11.6 Å². The van der Waals surface area contributed by atoms with Crippen molar-refractivity contribution in [2.45, 2.75) is 4.90 Å². The monoisotopic (exact) mass is 346 g/mol. The molecule has 0 aromatic heterocycles. The lowest BCUT2D eigenvalue weighted by Gasteiger charge is -2.11. The maximum absolute atomic E-state index is 13.1. The zero-order chi connectivity index (χ0) is 16.5. The van der Waals surface area contributed by atoms with Crippen LogP contribution in [0.5, 0.6) is 0 Å². The molecule has 2 rings (SSSR count). The molecule has 3 N–H and O–H groups in total. The van der Waals surface area contributed by atoms with Gasteiger partial charge in [-0.2, -0.15) is 0 Å². The maximum Gasteiger partial charge on any atom is 0.262 e. The molecule has 0 bridgehead atoms. The summed E-state index contributed by atoms with van der Waals surface area (Å²) in [6, 6.07) is 5.54. The van der Waals surface area contributed by atoms with Gasteiger partial charge >= 0.3 is 0 Å². The Kier molecular flexibility index (Phi) is 4.34. The summed E-state index contributed by atoms with van der Waals surface area (Å²) in [4.78, 5) is 10.5. The molecule has 2 aromatic rings. The Balaban J connectivity index is 2.44. The standard InChI is InChI=1S/C13H9ClF2N2O3S/c14-11-2-1-7(13(17)19)3-12(11)18-22(20,21)10-5-8(15)4-9(16)6-10/h1-6,18H,(H2,17,19). The molecule has 22 heavy (non-hydrogen) atoms. The van der Waals surface area contributed by atoms with E-state index in [1.54, 1.807) is 0 Å². The smallest absolute Gasteiger partial charge is 0.262 e. The summed E-state index contributed by atoms with van der Waals surface area (Å²) in [6.07, 6.45) is 0. The van der Waals surface area contributed by atoms with E-state index < -0.39 is 32.5 Å². The Hall–Kier alpha value is -2.19. The molecule has 5 nitrogen and oxygen atoms in total.